The molecule has 76 valence electrons. The summed E-state index contributed by atoms with van der Waals surface area (Å²) in [5.41, 5.74) is 0. The summed E-state index contributed by atoms with van der Waals surface area (Å²) >= 11 is 0. The van der Waals surface area contributed by atoms with Crippen LogP contribution in [0.1, 0.15) is 18.9 Å². The zero-order chi connectivity index (χ0) is 9.97. The summed E-state index contributed by atoms with van der Waals surface area (Å²) in [5.74, 6) is -0.177. The van der Waals surface area contributed by atoms with Crippen molar-refractivity contribution in [3.05, 3.63) is 16.3 Å². The standard InChI is InChI=1S/C7H11N5O2/c13-12(14)7-5-11(10-9-7)6-1-3-8-4-2-6/h5-6,8H,1-4H2. The molecule has 0 bridgehead atoms. The number of hydrogen-bond donors (Lipinski definition) is 1. The fraction of sp³-hybridized carbons (Fsp3) is 0.714. The quantitative estimate of drug-likeness (QED) is 0.537. The lowest BCUT2D eigenvalue weighted by molar-refractivity contribution is -0.389. The van der Waals surface area contributed by atoms with Crippen LogP contribution in [0.4, 0.5) is 5.82 Å². The molecular weight excluding hydrogens is 186 g/mol. The highest BCUT2D eigenvalue weighted by Crippen LogP contribution is 2.18. The molecule has 0 unspecified atom stereocenters. The Morgan fingerprint density at radius 2 is 2.29 bits per heavy atom. The van der Waals surface area contributed by atoms with Crippen molar-refractivity contribution in [1.82, 2.24) is 20.3 Å². The van der Waals surface area contributed by atoms with E-state index in [1.165, 1.54) is 6.20 Å². The van der Waals surface area contributed by atoms with Gasteiger partial charge in [-0.2, -0.15) is 0 Å². The van der Waals surface area contributed by atoms with Gasteiger partial charge in [-0.15, -0.1) is 0 Å². The molecule has 7 heteroatoms. The van der Waals surface area contributed by atoms with Crippen LogP contribution < -0.4 is 5.32 Å². The van der Waals surface area contributed by atoms with E-state index in [-0.39, 0.29) is 11.9 Å². The third-order valence-electron chi connectivity index (χ3n) is 2.37. The number of nitro groups is 1. The number of nitrogens with zero attached hydrogens (tertiary/aromatic N) is 4. The summed E-state index contributed by atoms with van der Waals surface area (Å²) in [5, 5.41) is 20.8. The first-order valence-electron chi connectivity index (χ1n) is 4.54. The van der Waals surface area contributed by atoms with Gasteiger partial charge >= 0.3 is 5.82 Å². The van der Waals surface area contributed by atoms with Crippen molar-refractivity contribution in [2.75, 3.05) is 13.1 Å². The largest absolute Gasteiger partial charge is 0.410 e. The van der Waals surface area contributed by atoms with E-state index in [1.54, 1.807) is 4.68 Å². The number of hydrogen-bond acceptors (Lipinski definition) is 5. The van der Waals surface area contributed by atoms with Gasteiger partial charge in [-0.25, -0.2) is 4.68 Å². The molecule has 0 radical (unpaired) electrons. The molecule has 1 aliphatic rings. The van der Waals surface area contributed by atoms with Gasteiger partial charge < -0.3 is 15.4 Å². The van der Waals surface area contributed by atoms with Gasteiger partial charge in [0.1, 0.15) is 11.3 Å². The topological polar surface area (TPSA) is 85.9 Å². The average Bonchev–Trinajstić information content (AvgIpc) is 2.68. The third-order valence-corrected chi connectivity index (χ3v) is 2.37. The Labute approximate surface area is 80.2 Å². The molecule has 1 aliphatic heterocycles. The summed E-state index contributed by atoms with van der Waals surface area (Å²) < 4.78 is 1.60. The van der Waals surface area contributed by atoms with E-state index in [0.29, 0.717) is 0 Å². The summed E-state index contributed by atoms with van der Waals surface area (Å²) in [6, 6.07) is 0.248. The Morgan fingerprint density at radius 3 is 2.86 bits per heavy atom. The van der Waals surface area contributed by atoms with Gasteiger partial charge in [0.05, 0.1) is 11.3 Å². The molecule has 0 saturated carbocycles. The van der Waals surface area contributed by atoms with Crippen molar-refractivity contribution in [3.8, 4) is 0 Å². The minimum Gasteiger partial charge on any atom is -0.358 e. The maximum absolute atomic E-state index is 10.4. The number of piperidine rings is 1. The maximum Gasteiger partial charge on any atom is 0.410 e. The first kappa shape index (κ1) is 9.07. The molecule has 1 N–H and O–H groups in total. The highest BCUT2D eigenvalue weighted by Gasteiger charge is 2.20. The van der Waals surface area contributed by atoms with E-state index in [9.17, 15) is 10.1 Å². The zero-order valence-electron chi connectivity index (χ0n) is 7.59. The van der Waals surface area contributed by atoms with Crippen LogP contribution in [0.15, 0.2) is 6.20 Å². The highest BCUT2D eigenvalue weighted by molar-refractivity contribution is 5.09. The Hall–Kier alpha value is -1.50. The van der Waals surface area contributed by atoms with Crippen LogP contribution >= 0.6 is 0 Å². The molecule has 0 aliphatic carbocycles. The predicted molar refractivity (Wildman–Crippen MR) is 47.8 cm³/mol. The molecule has 7 nitrogen and oxygen atoms in total. The van der Waals surface area contributed by atoms with Crippen molar-refractivity contribution in [1.29, 1.82) is 0 Å². The van der Waals surface area contributed by atoms with Gasteiger partial charge in [-0.05, 0) is 30.9 Å². The monoisotopic (exact) mass is 197 g/mol. The van der Waals surface area contributed by atoms with Gasteiger partial charge in [-0.3, -0.25) is 0 Å². The summed E-state index contributed by atoms with van der Waals surface area (Å²) in [6.45, 7) is 1.86. The first-order valence-corrected chi connectivity index (χ1v) is 4.54. The van der Waals surface area contributed by atoms with E-state index in [2.05, 4.69) is 15.6 Å². The summed E-state index contributed by atoms with van der Waals surface area (Å²) in [6.07, 6.45) is 3.29. The summed E-state index contributed by atoms with van der Waals surface area (Å²) in [7, 11) is 0. The fourth-order valence-corrected chi connectivity index (χ4v) is 1.60. The van der Waals surface area contributed by atoms with Crippen LogP contribution in [0.25, 0.3) is 0 Å². The first-order chi connectivity index (χ1) is 6.77. The van der Waals surface area contributed by atoms with Crippen LogP contribution in [0.3, 0.4) is 0 Å². The van der Waals surface area contributed by atoms with Gasteiger partial charge in [0, 0.05) is 0 Å². The van der Waals surface area contributed by atoms with Gasteiger partial charge in [0.25, 0.3) is 0 Å². The van der Waals surface area contributed by atoms with E-state index in [4.69, 9.17) is 0 Å². The predicted octanol–water partition coefficient (Wildman–Crippen LogP) is 0.111. The molecule has 2 rings (SSSR count). The summed E-state index contributed by atoms with van der Waals surface area (Å²) in [4.78, 5) is 9.85. The Balaban J connectivity index is 2.11. The molecule has 14 heavy (non-hydrogen) atoms. The second-order valence-corrected chi connectivity index (χ2v) is 3.30. The average molecular weight is 197 g/mol. The minimum absolute atomic E-state index is 0.177. The van der Waals surface area contributed by atoms with Crippen LogP contribution in [-0.2, 0) is 0 Å². The van der Waals surface area contributed by atoms with Crippen LogP contribution in [-0.4, -0.2) is 33.0 Å². The lowest BCUT2D eigenvalue weighted by Crippen LogP contribution is -2.29. The molecule has 0 amide bonds. The molecule has 0 spiro atoms. The SMILES string of the molecule is O=[N+]([O-])c1cn(C2CCNCC2)nn1. The molecule has 1 aromatic heterocycles. The second-order valence-electron chi connectivity index (χ2n) is 3.30. The number of aromatic nitrogens is 3. The Morgan fingerprint density at radius 1 is 1.57 bits per heavy atom. The number of nitrogens with one attached hydrogen (secondary N) is 1. The third kappa shape index (κ3) is 1.72. The smallest absolute Gasteiger partial charge is 0.358 e. The van der Waals surface area contributed by atoms with E-state index in [0.717, 1.165) is 25.9 Å². The molecule has 2 heterocycles. The highest BCUT2D eigenvalue weighted by atomic mass is 16.6. The van der Waals surface area contributed by atoms with Crippen molar-refractivity contribution in [2.24, 2.45) is 0 Å². The van der Waals surface area contributed by atoms with Gasteiger partial charge in [0.2, 0.25) is 0 Å². The van der Waals surface area contributed by atoms with Crippen molar-refractivity contribution in [3.63, 3.8) is 0 Å². The fourth-order valence-electron chi connectivity index (χ4n) is 1.60. The van der Waals surface area contributed by atoms with Gasteiger partial charge in [0.15, 0.2) is 0 Å². The molecular formula is C7H11N5O2. The van der Waals surface area contributed by atoms with Crippen molar-refractivity contribution < 1.29 is 4.92 Å². The van der Waals surface area contributed by atoms with Gasteiger partial charge in [-0.1, -0.05) is 0 Å². The van der Waals surface area contributed by atoms with E-state index < -0.39 is 4.92 Å². The van der Waals surface area contributed by atoms with Crippen molar-refractivity contribution >= 4 is 5.82 Å². The molecule has 1 aromatic rings. The zero-order valence-corrected chi connectivity index (χ0v) is 7.59. The molecule has 1 saturated heterocycles. The lowest BCUT2D eigenvalue weighted by Gasteiger charge is -2.21. The van der Waals surface area contributed by atoms with Crippen LogP contribution in [0.2, 0.25) is 0 Å². The minimum atomic E-state index is -0.523. The Kier molecular flexibility index (Phi) is 2.40. The van der Waals surface area contributed by atoms with Crippen LogP contribution in [0.5, 0.6) is 0 Å². The van der Waals surface area contributed by atoms with E-state index >= 15 is 0 Å². The van der Waals surface area contributed by atoms with Crippen LogP contribution in [0, 0.1) is 10.1 Å². The Bertz CT molecular complexity index is 331. The van der Waals surface area contributed by atoms with Crippen molar-refractivity contribution in [2.45, 2.75) is 18.9 Å². The second kappa shape index (κ2) is 3.70. The lowest BCUT2D eigenvalue weighted by atomic mass is 10.1. The number of rotatable bonds is 2. The maximum atomic E-state index is 10.4. The molecule has 1 fully saturated rings. The molecule has 0 aromatic carbocycles. The van der Waals surface area contributed by atoms with E-state index in [1.807, 2.05) is 0 Å². The molecule has 0 atom stereocenters. The normalized spacial score (nSPS) is 18.3.